The van der Waals surface area contributed by atoms with Crippen LogP contribution in [-0.2, 0) is 0 Å². The number of halogens is 3. The number of nitrogens with zero attached hydrogens (tertiary/aromatic N) is 1. The zero-order chi connectivity index (χ0) is 17.3. The van der Waals surface area contributed by atoms with E-state index in [-0.39, 0.29) is 22.6 Å². The van der Waals surface area contributed by atoms with E-state index >= 15 is 0 Å². The first-order valence-corrected chi connectivity index (χ1v) is 7.32. The smallest absolute Gasteiger partial charge is 0.261 e. The van der Waals surface area contributed by atoms with E-state index in [9.17, 15) is 13.6 Å². The van der Waals surface area contributed by atoms with E-state index in [1.165, 1.54) is 13.0 Å². The molecule has 4 nitrogen and oxygen atoms in total. The van der Waals surface area contributed by atoms with Crippen LogP contribution < -0.4 is 5.32 Å². The van der Waals surface area contributed by atoms with Crippen LogP contribution in [0.4, 0.5) is 14.5 Å². The lowest BCUT2D eigenvalue weighted by Gasteiger charge is -2.07. The van der Waals surface area contributed by atoms with Crippen molar-refractivity contribution in [3.05, 3.63) is 70.4 Å². The molecule has 0 saturated heterocycles. The van der Waals surface area contributed by atoms with Crippen molar-refractivity contribution in [2.45, 2.75) is 6.92 Å². The molecule has 0 atom stereocenters. The average Bonchev–Trinajstić information content (AvgIpc) is 2.89. The van der Waals surface area contributed by atoms with Gasteiger partial charge in [0.2, 0.25) is 0 Å². The molecule has 7 heteroatoms. The van der Waals surface area contributed by atoms with Crippen molar-refractivity contribution >= 4 is 23.2 Å². The molecule has 122 valence electrons. The molecule has 0 aliphatic heterocycles. The second-order valence-electron chi connectivity index (χ2n) is 5.05. The van der Waals surface area contributed by atoms with Crippen LogP contribution >= 0.6 is 11.6 Å². The summed E-state index contributed by atoms with van der Waals surface area (Å²) in [4.78, 5) is 12.5. The number of aryl methyl sites for hydroxylation is 1. The van der Waals surface area contributed by atoms with Gasteiger partial charge in [-0.25, -0.2) is 8.78 Å². The second kappa shape index (κ2) is 6.41. The Morgan fingerprint density at radius 2 is 2.00 bits per heavy atom. The standard InChI is InChI=1S/C17H11ClF2N2O2/c1-9-15(17(23)21-12-4-2-3-10(18)7-12)16(22-24-9)13-6-5-11(19)8-14(13)20/h2-8H,1H3,(H,21,23). The van der Waals surface area contributed by atoms with Crippen molar-refractivity contribution in [1.29, 1.82) is 0 Å². The maximum Gasteiger partial charge on any atom is 0.261 e. The van der Waals surface area contributed by atoms with E-state index in [1.807, 2.05) is 0 Å². The first-order valence-electron chi connectivity index (χ1n) is 6.94. The number of rotatable bonds is 3. The number of carbonyl (C=O) groups is 1. The third-order valence-corrected chi connectivity index (χ3v) is 3.59. The van der Waals surface area contributed by atoms with E-state index in [0.717, 1.165) is 12.1 Å². The number of carbonyl (C=O) groups excluding carboxylic acids is 1. The predicted molar refractivity (Wildman–Crippen MR) is 86.0 cm³/mol. The average molecular weight is 349 g/mol. The van der Waals surface area contributed by atoms with Crippen molar-refractivity contribution in [3.63, 3.8) is 0 Å². The van der Waals surface area contributed by atoms with Crippen LogP contribution in [0.15, 0.2) is 47.0 Å². The molecule has 0 aliphatic carbocycles. The van der Waals surface area contributed by atoms with Crippen LogP contribution in [0.1, 0.15) is 16.1 Å². The van der Waals surface area contributed by atoms with Gasteiger partial charge in [0.15, 0.2) is 0 Å². The van der Waals surface area contributed by atoms with Crippen LogP contribution in [0.25, 0.3) is 11.3 Å². The van der Waals surface area contributed by atoms with Gasteiger partial charge in [0, 0.05) is 22.3 Å². The fraction of sp³-hybridized carbons (Fsp3) is 0.0588. The molecule has 2 aromatic carbocycles. The molecule has 0 fully saturated rings. The number of hydrogen-bond donors (Lipinski definition) is 1. The van der Waals surface area contributed by atoms with Crippen molar-refractivity contribution in [2.24, 2.45) is 0 Å². The molecule has 0 bridgehead atoms. The summed E-state index contributed by atoms with van der Waals surface area (Å²) in [6.45, 7) is 1.53. The Morgan fingerprint density at radius 3 is 2.71 bits per heavy atom. The van der Waals surface area contributed by atoms with Crippen molar-refractivity contribution in [3.8, 4) is 11.3 Å². The Bertz CT molecular complexity index is 925. The van der Waals surface area contributed by atoms with Crippen molar-refractivity contribution in [2.75, 3.05) is 5.32 Å². The van der Waals surface area contributed by atoms with Gasteiger partial charge in [-0.15, -0.1) is 0 Å². The SMILES string of the molecule is Cc1onc(-c2ccc(F)cc2F)c1C(=O)Nc1cccc(Cl)c1. The number of anilines is 1. The lowest BCUT2D eigenvalue weighted by Crippen LogP contribution is -2.13. The summed E-state index contributed by atoms with van der Waals surface area (Å²) >= 11 is 5.88. The number of aromatic nitrogens is 1. The Morgan fingerprint density at radius 1 is 1.21 bits per heavy atom. The highest BCUT2D eigenvalue weighted by molar-refractivity contribution is 6.31. The van der Waals surface area contributed by atoms with Crippen LogP contribution in [-0.4, -0.2) is 11.1 Å². The Labute approximate surface area is 141 Å². The molecular weight excluding hydrogens is 338 g/mol. The fourth-order valence-corrected chi connectivity index (χ4v) is 2.46. The third kappa shape index (κ3) is 3.14. The molecule has 1 aromatic heterocycles. The quantitative estimate of drug-likeness (QED) is 0.737. The molecule has 0 radical (unpaired) electrons. The summed E-state index contributed by atoms with van der Waals surface area (Å²) < 4.78 is 32.1. The highest BCUT2D eigenvalue weighted by Gasteiger charge is 2.24. The molecule has 1 amide bonds. The van der Waals surface area contributed by atoms with Gasteiger partial charge in [0.05, 0.1) is 0 Å². The first-order chi connectivity index (χ1) is 11.5. The first kappa shape index (κ1) is 16.1. The zero-order valence-corrected chi connectivity index (χ0v) is 13.2. The minimum absolute atomic E-state index is 0.00419. The molecule has 3 rings (SSSR count). The highest BCUT2D eigenvalue weighted by atomic mass is 35.5. The van der Waals surface area contributed by atoms with Crippen molar-refractivity contribution < 1.29 is 18.1 Å². The largest absolute Gasteiger partial charge is 0.360 e. The maximum atomic E-state index is 14.0. The number of nitrogens with one attached hydrogen (secondary N) is 1. The van der Waals surface area contributed by atoms with Crippen LogP contribution in [0.3, 0.4) is 0 Å². The zero-order valence-electron chi connectivity index (χ0n) is 12.4. The summed E-state index contributed by atoms with van der Waals surface area (Å²) in [7, 11) is 0. The van der Waals surface area contributed by atoms with E-state index in [4.69, 9.17) is 16.1 Å². The van der Waals surface area contributed by atoms with Crippen LogP contribution in [0.5, 0.6) is 0 Å². The monoisotopic (exact) mass is 348 g/mol. The van der Waals surface area contributed by atoms with Gasteiger partial charge in [-0.05, 0) is 37.3 Å². The molecule has 24 heavy (non-hydrogen) atoms. The lowest BCUT2D eigenvalue weighted by molar-refractivity contribution is 0.102. The topological polar surface area (TPSA) is 55.1 Å². The minimum atomic E-state index is -0.833. The summed E-state index contributed by atoms with van der Waals surface area (Å²) in [5.41, 5.74) is 0.521. The molecule has 0 spiro atoms. The van der Waals surface area contributed by atoms with E-state index in [1.54, 1.807) is 24.3 Å². The van der Waals surface area contributed by atoms with E-state index < -0.39 is 17.5 Å². The van der Waals surface area contributed by atoms with Gasteiger partial charge < -0.3 is 9.84 Å². The van der Waals surface area contributed by atoms with Gasteiger partial charge in [0.1, 0.15) is 28.7 Å². The maximum absolute atomic E-state index is 14.0. The summed E-state index contributed by atoms with van der Waals surface area (Å²) in [6.07, 6.45) is 0. The summed E-state index contributed by atoms with van der Waals surface area (Å²) in [5.74, 6) is -1.87. The van der Waals surface area contributed by atoms with Gasteiger partial charge in [-0.3, -0.25) is 4.79 Å². The number of amides is 1. The molecule has 3 aromatic rings. The lowest BCUT2D eigenvalue weighted by atomic mass is 10.0. The molecule has 0 unspecified atom stereocenters. The molecule has 0 aliphatic rings. The Balaban J connectivity index is 1.99. The van der Waals surface area contributed by atoms with Gasteiger partial charge >= 0.3 is 0 Å². The molecule has 0 saturated carbocycles. The van der Waals surface area contributed by atoms with Crippen molar-refractivity contribution in [1.82, 2.24) is 5.16 Å². The normalized spacial score (nSPS) is 10.7. The van der Waals surface area contributed by atoms with E-state index in [0.29, 0.717) is 10.7 Å². The third-order valence-electron chi connectivity index (χ3n) is 3.36. The molecule has 1 N–H and O–H groups in total. The Hall–Kier alpha value is -2.73. The Kier molecular flexibility index (Phi) is 4.31. The molecular formula is C17H11ClF2N2O2. The van der Waals surface area contributed by atoms with E-state index in [2.05, 4.69) is 10.5 Å². The minimum Gasteiger partial charge on any atom is -0.360 e. The number of benzene rings is 2. The number of hydrogen-bond acceptors (Lipinski definition) is 3. The van der Waals surface area contributed by atoms with Crippen LogP contribution in [0, 0.1) is 18.6 Å². The van der Waals surface area contributed by atoms with Crippen LogP contribution in [0.2, 0.25) is 5.02 Å². The summed E-state index contributed by atoms with van der Waals surface area (Å²) in [6, 6.07) is 9.59. The highest BCUT2D eigenvalue weighted by Crippen LogP contribution is 2.29. The van der Waals surface area contributed by atoms with Gasteiger partial charge in [0.25, 0.3) is 5.91 Å². The van der Waals surface area contributed by atoms with Gasteiger partial charge in [-0.1, -0.05) is 22.8 Å². The predicted octanol–water partition coefficient (Wildman–Crippen LogP) is 4.83. The van der Waals surface area contributed by atoms with Gasteiger partial charge in [-0.2, -0.15) is 0 Å². The fourth-order valence-electron chi connectivity index (χ4n) is 2.26. The second-order valence-corrected chi connectivity index (χ2v) is 5.49. The summed E-state index contributed by atoms with van der Waals surface area (Å²) in [5, 5.41) is 6.84. The molecule has 1 heterocycles.